The molecule has 0 saturated carbocycles. The summed E-state index contributed by atoms with van der Waals surface area (Å²) in [6, 6.07) is 6.46. The molecule has 110 valence electrons. The summed E-state index contributed by atoms with van der Waals surface area (Å²) in [5, 5.41) is 13.8. The minimum Gasteiger partial charge on any atom is -0.340 e. The fourth-order valence-corrected chi connectivity index (χ4v) is 2.18. The monoisotopic (exact) mass is 299 g/mol. The molecule has 2 rings (SSSR count). The Morgan fingerprint density at radius 1 is 1.45 bits per heavy atom. The van der Waals surface area contributed by atoms with Gasteiger partial charge in [0.15, 0.2) is 0 Å². The summed E-state index contributed by atoms with van der Waals surface area (Å²) in [6.45, 7) is 4.29. The van der Waals surface area contributed by atoms with Crippen LogP contribution >= 0.6 is 12.4 Å². The van der Waals surface area contributed by atoms with Crippen molar-refractivity contribution in [1.29, 1.82) is 0 Å². The number of carbonyl (C=O) groups is 1. The molecule has 1 saturated heterocycles. The standard InChI is InChI=1S/C13H17N3O3.ClH/c1-10-9-15(7-6-14-10)13(17)8-11-2-4-12(5-3-11)16(18)19;/h2-5,10,14H,6-9H2,1H3;1H. The number of non-ortho nitro benzene ring substituents is 1. The molecule has 1 fully saturated rings. The topological polar surface area (TPSA) is 75.5 Å². The van der Waals surface area contributed by atoms with Crippen LogP contribution in [0.2, 0.25) is 0 Å². The van der Waals surface area contributed by atoms with Crippen LogP contribution in [0.3, 0.4) is 0 Å². The quantitative estimate of drug-likeness (QED) is 0.676. The lowest BCUT2D eigenvalue weighted by Gasteiger charge is -2.32. The van der Waals surface area contributed by atoms with Crippen LogP contribution in [0.15, 0.2) is 24.3 Å². The third-order valence-corrected chi connectivity index (χ3v) is 3.22. The minimum absolute atomic E-state index is 0. The molecule has 1 atom stereocenters. The van der Waals surface area contributed by atoms with Crippen LogP contribution in [0.25, 0.3) is 0 Å². The predicted octanol–water partition coefficient (Wildman–Crippen LogP) is 1.38. The number of benzene rings is 1. The Morgan fingerprint density at radius 2 is 2.10 bits per heavy atom. The van der Waals surface area contributed by atoms with E-state index in [-0.39, 0.29) is 24.0 Å². The highest BCUT2D eigenvalue weighted by Gasteiger charge is 2.20. The molecule has 7 heteroatoms. The van der Waals surface area contributed by atoms with Crippen molar-refractivity contribution in [3.05, 3.63) is 39.9 Å². The first-order valence-electron chi connectivity index (χ1n) is 6.31. The van der Waals surface area contributed by atoms with Crippen LogP contribution in [0, 0.1) is 10.1 Å². The van der Waals surface area contributed by atoms with E-state index in [1.807, 2.05) is 11.8 Å². The van der Waals surface area contributed by atoms with Crippen LogP contribution in [0.4, 0.5) is 5.69 Å². The number of piperazine rings is 1. The number of nitro groups is 1. The van der Waals surface area contributed by atoms with Gasteiger partial charge in [-0.15, -0.1) is 12.4 Å². The molecule has 0 spiro atoms. The molecular formula is C13H18ClN3O3. The largest absolute Gasteiger partial charge is 0.340 e. The Labute approximate surface area is 123 Å². The van der Waals surface area contributed by atoms with E-state index >= 15 is 0 Å². The van der Waals surface area contributed by atoms with Gasteiger partial charge in [0.25, 0.3) is 5.69 Å². The van der Waals surface area contributed by atoms with Gasteiger partial charge in [0.05, 0.1) is 11.3 Å². The lowest BCUT2D eigenvalue weighted by molar-refractivity contribution is -0.384. The molecule has 0 aliphatic carbocycles. The van der Waals surface area contributed by atoms with Gasteiger partial charge in [-0.25, -0.2) is 0 Å². The smallest absolute Gasteiger partial charge is 0.269 e. The maximum atomic E-state index is 12.1. The average Bonchev–Trinajstić information content (AvgIpc) is 2.39. The van der Waals surface area contributed by atoms with Crippen LogP contribution in [-0.2, 0) is 11.2 Å². The lowest BCUT2D eigenvalue weighted by atomic mass is 10.1. The third kappa shape index (κ3) is 4.18. The zero-order valence-electron chi connectivity index (χ0n) is 11.2. The fourth-order valence-electron chi connectivity index (χ4n) is 2.18. The molecule has 1 aromatic rings. The molecule has 6 nitrogen and oxygen atoms in total. The Bertz CT molecular complexity index is 478. The number of halogens is 1. The first-order chi connectivity index (χ1) is 9.06. The molecule has 1 aliphatic rings. The molecule has 1 unspecified atom stereocenters. The van der Waals surface area contributed by atoms with E-state index in [0.717, 1.165) is 18.7 Å². The van der Waals surface area contributed by atoms with E-state index in [2.05, 4.69) is 5.32 Å². The molecule has 0 radical (unpaired) electrons. The second kappa shape index (κ2) is 7.21. The number of amides is 1. The Balaban J connectivity index is 0.00000200. The highest BCUT2D eigenvalue weighted by atomic mass is 35.5. The van der Waals surface area contributed by atoms with Gasteiger partial charge in [-0.05, 0) is 12.5 Å². The van der Waals surface area contributed by atoms with E-state index in [9.17, 15) is 14.9 Å². The Hall–Kier alpha value is -1.66. The van der Waals surface area contributed by atoms with Gasteiger partial charge in [0.1, 0.15) is 0 Å². The molecule has 1 heterocycles. The van der Waals surface area contributed by atoms with Gasteiger partial charge >= 0.3 is 0 Å². The van der Waals surface area contributed by atoms with Gasteiger partial charge in [-0.2, -0.15) is 0 Å². The number of nitrogens with zero attached hydrogens (tertiary/aromatic N) is 2. The predicted molar refractivity (Wildman–Crippen MR) is 78.1 cm³/mol. The molecule has 0 aromatic heterocycles. The molecule has 1 aliphatic heterocycles. The maximum Gasteiger partial charge on any atom is 0.269 e. The molecule has 1 N–H and O–H groups in total. The van der Waals surface area contributed by atoms with Crippen LogP contribution in [-0.4, -0.2) is 41.4 Å². The number of nitro benzene ring substituents is 1. The summed E-state index contributed by atoms with van der Waals surface area (Å²) in [6.07, 6.45) is 0.296. The van der Waals surface area contributed by atoms with Crippen molar-refractivity contribution in [3.63, 3.8) is 0 Å². The van der Waals surface area contributed by atoms with Crippen molar-refractivity contribution >= 4 is 24.0 Å². The number of rotatable bonds is 3. The molecular weight excluding hydrogens is 282 g/mol. The summed E-state index contributed by atoms with van der Waals surface area (Å²) in [5.41, 5.74) is 0.855. The highest BCUT2D eigenvalue weighted by molar-refractivity contribution is 5.85. The summed E-state index contributed by atoms with van der Waals surface area (Å²) in [5.74, 6) is 0.0715. The van der Waals surface area contributed by atoms with Crippen molar-refractivity contribution in [2.24, 2.45) is 0 Å². The van der Waals surface area contributed by atoms with E-state index in [1.54, 1.807) is 12.1 Å². The SMILES string of the molecule is CC1CN(C(=O)Cc2ccc([N+](=O)[O-])cc2)CCN1.Cl. The summed E-state index contributed by atoms with van der Waals surface area (Å²) in [4.78, 5) is 24.0. The van der Waals surface area contributed by atoms with Gasteiger partial charge in [-0.3, -0.25) is 14.9 Å². The first kappa shape index (κ1) is 16.4. The van der Waals surface area contributed by atoms with Crippen molar-refractivity contribution in [2.45, 2.75) is 19.4 Å². The number of hydrogen-bond donors (Lipinski definition) is 1. The van der Waals surface area contributed by atoms with Crippen molar-refractivity contribution < 1.29 is 9.72 Å². The van der Waals surface area contributed by atoms with E-state index in [0.29, 0.717) is 19.0 Å². The zero-order chi connectivity index (χ0) is 13.8. The molecule has 1 amide bonds. The highest BCUT2D eigenvalue weighted by Crippen LogP contribution is 2.13. The van der Waals surface area contributed by atoms with Gasteiger partial charge in [-0.1, -0.05) is 12.1 Å². The van der Waals surface area contributed by atoms with Crippen molar-refractivity contribution in [3.8, 4) is 0 Å². The minimum atomic E-state index is -0.441. The van der Waals surface area contributed by atoms with E-state index in [4.69, 9.17) is 0 Å². The van der Waals surface area contributed by atoms with Crippen molar-refractivity contribution in [1.82, 2.24) is 10.2 Å². The van der Waals surface area contributed by atoms with Gasteiger partial charge in [0, 0.05) is 37.8 Å². The molecule has 0 bridgehead atoms. The Morgan fingerprint density at radius 3 is 2.65 bits per heavy atom. The summed E-state index contributed by atoms with van der Waals surface area (Å²) >= 11 is 0. The Kier molecular flexibility index (Phi) is 5.91. The van der Waals surface area contributed by atoms with Crippen molar-refractivity contribution in [2.75, 3.05) is 19.6 Å². The summed E-state index contributed by atoms with van der Waals surface area (Å²) < 4.78 is 0. The third-order valence-electron chi connectivity index (χ3n) is 3.22. The second-order valence-electron chi connectivity index (χ2n) is 4.80. The van der Waals surface area contributed by atoms with Gasteiger partial charge < -0.3 is 10.2 Å². The summed E-state index contributed by atoms with van der Waals surface area (Å²) in [7, 11) is 0. The van der Waals surface area contributed by atoms with Gasteiger partial charge in [0.2, 0.25) is 5.91 Å². The number of nitrogens with one attached hydrogen (secondary N) is 1. The van der Waals surface area contributed by atoms with Crippen LogP contribution < -0.4 is 5.32 Å². The maximum absolute atomic E-state index is 12.1. The number of hydrogen-bond acceptors (Lipinski definition) is 4. The van der Waals surface area contributed by atoms with E-state index in [1.165, 1.54) is 12.1 Å². The van der Waals surface area contributed by atoms with Crippen LogP contribution in [0.1, 0.15) is 12.5 Å². The molecule has 1 aromatic carbocycles. The zero-order valence-corrected chi connectivity index (χ0v) is 12.1. The average molecular weight is 300 g/mol. The fraction of sp³-hybridized carbons (Fsp3) is 0.462. The molecule has 20 heavy (non-hydrogen) atoms. The number of carbonyl (C=O) groups excluding carboxylic acids is 1. The van der Waals surface area contributed by atoms with E-state index < -0.39 is 4.92 Å². The van der Waals surface area contributed by atoms with Crippen LogP contribution in [0.5, 0.6) is 0 Å². The lowest BCUT2D eigenvalue weighted by Crippen LogP contribution is -2.51. The normalized spacial score (nSPS) is 18.2. The second-order valence-corrected chi connectivity index (χ2v) is 4.80. The first-order valence-corrected chi connectivity index (χ1v) is 6.31.